The Morgan fingerprint density at radius 2 is 1.64 bits per heavy atom. The van der Waals surface area contributed by atoms with Crippen LogP contribution >= 0.6 is 0 Å². The third-order valence-corrected chi connectivity index (χ3v) is 0.840. The predicted octanol–water partition coefficient (Wildman–Crippen LogP) is -6.90. The molecule has 0 amide bonds. The van der Waals surface area contributed by atoms with Gasteiger partial charge in [0.25, 0.3) is 0 Å². The van der Waals surface area contributed by atoms with Crippen molar-refractivity contribution in [1.82, 2.24) is 0 Å². The monoisotopic (exact) mass is 239 g/mol. The topological polar surface area (TPSA) is 103 Å². The molecule has 0 aliphatic rings. The van der Waals surface area contributed by atoms with E-state index in [4.69, 9.17) is 13.3 Å². The summed E-state index contributed by atoms with van der Waals surface area (Å²) in [5.41, 5.74) is 0.188. The smallest absolute Gasteiger partial charge is 0.784 e. The van der Waals surface area contributed by atoms with Crippen molar-refractivity contribution in [2.24, 2.45) is 0 Å². The standard InChI is InChI=1S/C6H10O2.2Na.H2O3S/c1-3-4-5(2)6(7)8;;;1-4(2)3/h2-4H2,1H3,(H,7,8);;;(H2,1,2,3)/q;2*+1;/p-3. The number of hydrogen-bond acceptors (Lipinski definition) is 5. The van der Waals surface area contributed by atoms with Gasteiger partial charge >= 0.3 is 59.1 Å². The van der Waals surface area contributed by atoms with Gasteiger partial charge in [-0.15, -0.1) is 11.4 Å². The summed E-state index contributed by atoms with van der Waals surface area (Å²) in [5, 5.41) is 9.88. The average Bonchev–Trinajstić information content (AvgIpc) is 1.86. The van der Waals surface area contributed by atoms with Crippen molar-refractivity contribution < 1.29 is 82.3 Å². The maximum Gasteiger partial charge on any atom is 1.00 e. The molecule has 0 N–H and O–H groups in total. The summed E-state index contributed by atoms with van der Waals surface area (Å²) in [6.07, 6.45) is 1.34. The van der Waals surface area contributed by atoms with Gasteiger partial charge in [-0.3, -0.25) is 4.21 Å². The molecule has 0 unspecified atom stereocenters. The van der Waals surface area contributed by atoms with Gasteiger partial charge in [-0.1, -0.05) is 19.9 Å². The number of carbonyl (C=O) groups is 1. The van der Waals surface area contributed by atoms with Crippen LogP contribution in [0.25, 0.3) is 0 Å². The second-order valence-electron chi connectivity index (χ2n) is 1.85. The van der Waals surface area contributed by atoms with Gasteiger partial charge in [-0.2, -0.15) is 0 Å². The first kappa shape index (κ1) is 24.5. The molecule has 0 heterocycles. The van der Waals surface area contributed by atoms with E-state index in [2.05, 4.69) is 6.58 Å². The Morgan fingerprint density at radius 1 is 1.36 bits per heavy atom. The summed E-state index contributed by atoms with van der Waals surface area (Å²) >= 11 is -3.11. The van der Waals surface area contributed by atoms with E-state index in [0.717, 1.165) is 6.42 Å². The van der Waals surface area contributed by atoms with Gasteiger partial charge < -0.3 is 19.0 Å². The third-order valence-electron chi connectivity index (χ3n) is 0.840. The molecule has 0 aromatic rings. The van der Waals surface area contributed by atoms with Crippen molar-refractivity contribution >= 4 is 17.3 Å². The minimum Gasteiger partial charge on any atom is -0.784 e. The molecule has 14 heavy (non-hydrogen) atoms. The molecule has 0 saturated heterocycles. The van der Waals surface area contributed by atoms with Crippen molar-refractivity contribution in [3.05, 3.63) is 12.2 Å². The molecule has 0 saturated carbocycles. The van der Waals surface area contributed by atoms with Crippen molar-refractivity contribution in [3.8, 4) is 0 Å². The first-order valence-corrected chi connectivity index (χ1v) is 4.07. The van der Waals surface area contributed by atoms with Gasteiger partial charge in [0.15, 0.2) is 0 Å². The molecule has 0 aliphatic carbocycles. The van der Waals surface area contributed by atoms with Gasteiger partial charge in [-0.25, -0.2) is 0 Å². The summed E-state index contributed by atoms with van der Waals surface area (Å²) in [6, 6.07) is 0. The molecular weight excluding hydrogens is 230 g/mol. The number of carboxylic acid groups (broad SMARTS) is 1. The summed E-state index contributed by atoms with van der Waals surface area (Å²) in [5.74, 6) is -1.13. The fraction of sp³-hybridized carbons (Fsp3) is 0.500. The number of aliphatic carboxylic acids is 1. The van der Waals surface area contributed by atoms with Crippen LogP contribution in [-0.4, -0.2) is 19.3 Å². The van der Waals surface area contributed by atoms with Crippen molar-refractivity contribution in [2.45, 2.75) is 19.8 Å². The second kappa shape index (κ2) is 16.7. The van der Waals surface area contributed by atoms with Crippen molar-refractivity contribution in [2.75, 3.05) is 0 Å². The maximum absolute atomic E-state index is 9.88. The Morgan fingerprint density at radius 3 is 1.71 bits per heavy atom. The van der Waals surface area contributed by atoms with Gasteiger partial charge in [0, 0.05) is 0 Å². The zero-order valence-electron chi connectivity index (χ0n) is 8.57. The molecule has 0 aliphatic heterocycles. The second-order valence-corrected chi connectivity index (χ2v) is 2.25. The molecule has 0 aromatic heterocycles. The Labute approximate surface area is 130 Å². The molecule has 0 rings (SSSR count). The van der Waals surface area contributed by atoms with Crippen LogP contribution < -0.4 is 64.2 Å². The summed E-state index contributed by atoms with van der Waals surface area (Å²) in [7, 11) is 0. The van der Waals surface area contributed by atoms with Crippen molar-refractivity contribution in [1.29, 1.82) is 0 Å². The summed E-state index contributed by atoms with van der Waals surface area (Å²) in [6.45, 7) is 5.18. The van der Waals surface area contributed by atoms with E-state index >= 15 is 0 Å². The van der Waals surface area contributed by atoms with Gasteiger partial charge in [-0.05, 0) is 12.0 Å². The zero-order chi connectivity index (χ0) is 10.1. The number of hydrogen-bond donors (Lipinski definition) is 0. The van der Waals surface area contributed by atoms with Crippen LogP contribution in [0.15, 0.2) is 12.2 Å². The van der Waals surface area contributed by atoms with Crippen LogP contribution in [0.2, 0.25) is 0 Å². The van der Waals surface area contributed by atoms with Gasteiger partial charge in [0.05, 0.1) is 5.97 Å². The van der Waals surface area contributed by atoms with E-state index < -0.39 is 17.3 Å². The number of rotatable bonds is 3. The minimum absolute atomic E-state index is 0. The first-order chi connectivity index (χ1) is 5.41. The number of carboxylic acids is 1. The summed E-state index contributed by atoms with van der Waals surface area (Å²) in [4.78, 5) is 9.88. The molecule has 0 atom stereocenters. The zero-order valence-corrected chi connectivity index (χ0v) is 13.4. The van der Waals surface area contributed by atoms with Crippen LogP contribution in [0.4, 0.5) is 0 Å². The Balaban J connectivity index is -0.0000000733. The van der Waals surface area contributed by atoms with Crippen LogP contribution in [-0.2, 0) is 16.2 Å². The molecular formula is C6H9Na2O5S-. The van der Waals surface area contributed by atoms with Crippen LogP contribution in [0.5, 0.6) is 0 Å². The molecule has 5 nitrogen and oxygen atoms in total. The van der Waals surface area contributed by atoms with Crippen LogP contribution in [0.3, 0.4) is 0 Å². The van der Waals surface area contributed by atoms with Crippen LogP contribution in [0, 0.1) is 0 Å². The molecule has 72 valence electrons. The van der Waals surface area contributed by atoms with E-state index in [1.165, 1.54) is 0 Å². The predicted molar refractivity (Wildman–Crippen MR) is 38.8 cm³/mol. The van der Waals surface area contributed by atoms with E-state index in [-0.39, 0.29) is 64.7 Å². The molecule has 0 spiro atoms. The minimum atomic E-state index is -3.11. The fourth-order valence-electron chi connectivity index (χ4n) is 0.404. The molecule has 0 fully saturated rings. The van der Waals surface area contributed by atoms with Gasteiger partial charge in [0.1, 0.15) is 0 Å². The Kier molecular flexibility index (Phi) is 29.2. The SMILES string of the molecule is C=C(CCC)C(=O)[O-].O=S([O-])[O-].[Na+].[Na+]. The number of carbonyl (C=O) groups excluding carboxylic acids is 1. The molecule has 0 aromatic carbocycles. The largest absolute Gasteiger partial charge is 1.00 e. The first-order valence-electron chi connectivity index (χ1n) is 3.07. The van der Waals surface area contributed by atoms with E-state index in [1.54, 1.807) is 0 Å². The van der Waals surface area contributed by atoms with Gasteiger partial charge in [0.2, 0.25) is 0 Å². The quantitative estimate of drug-likeness (QED) is 0.276. The third kappa shape index (κ3) is 29.2. The normalized spacial score (nSPS) is 7.43. The fourth-order valence-corrected chi connectivity index (χ4v) is 0.404. The molecule has 8 heteroatoms. The summed E-state index contributed by atoms with van der Waals surface area (Å²) < 4.78 is 25.3. The van der Waals surface area contributed by atoms with E-state index in [9.17, 15) is 9.90 Å². The average molecular weight is 239 g/mol. The van der Waals surface area contributed by atoms with E-state index in [0.29, 0.717) is 6.42 Å². The van der Waals surface area contributed by atoms with Crippen LogP contribution in [0.1, 0.15) is 19.8 Å². The Bertz CT molecular complexity index is 181. The van der Waals surface area contributed by atoms with Crippen molar-refractivity contribution in [3.63, 3.8) is 0 Å². The molecule has 0 radical (unpaired) electrons. The molecule has 0 bridgehead atoms. The van der Waals surface area contributed by atoms with E-state index in [1.807, 2.05) is 6.92 Å². The Hall–Kier alpha value is 1.28. The maximum atomic E-state index is 9.88.